The molecule has 1 aliphatic heterocycles. The molecule has 1 aliphatic carbocycles. The first-order valence-corrected chi connectivity index (χ1v) is 13.2. The molecule has 3 N–H and O–H groups in total. The Hall–Kier alpha value is -3.51. The molecule has 1 saturated heterocycles. The summed E-state index contributed by atoms with van der Waals surface area (Å²) in [5.41, 5.74) is 3.61. The molecule has 3 aromatic carbocycles. The highest BCUT2D eigenvalue weighted by Crippen LogP contribution is 2.42. The van der Waals surface area contributed by atoms with Gasteiger partial charge in [-0.05, 0) is 78.6 Å². The standard InChI is InChI=1S/C31H35NO5/c1-20-3-2-12-32(19-20)13-14-37-25-10-4-21(5-11-25)15-26-27-16-23(22-6-8-24(33)9-7-22)17-29(35)31(27)30(36)18-28(26)34/h4-11,18,20,23,33-34,36H,2-3,12-17,19H2,1H3. The maximum absolute atomic E-state index is 13.0. The van der Waals surface area contributed by atoms with Crippen LogP contribution < -0.4 is 4.74 Å². The van der Waals surface area contributed by atoms with Crippen LogP contribution in [0.4, 0.5) is 0 Å². The lowest BCUT2D eigenvalue weighted by Crippen LogP contribution is -2.37. The summed E-state index contributed by atoms with van der Waals surface area (Å²) in [5, 5.41) is 30.9. The smallest absolute Gasteiger partial charge is 0.167 e. The summed E-state index contributed by atoms with van der Waals surface area (Å²) < 4.78 is 5.98. The van der Waals surface area contributed by atoms with Gasteiger partial charge in [-0.25, -0.2) is 0 Å². The fraction of sp³-hybridized carbons (Fsp3) is 0.387. The second-order valence-electron chi connectivity index (χ2n) is 10.6. The molecule has 2 atom stereocenters. The summed E-state index contributed by atoms with van der Waals surface area (Å²) in [4.78, 5) is 15.5. The molecule has 1 heterocycles. The number of Topliss-reactive ketones (excluding diaryl/α,β-unsaturated/α-hetero) is 1. The second-order valence-corrected chi connectivity index (χ2v) is 10.6. The van der Waals surface area contributed by atoms with Crippen molar-refractivity contribution in [2.24, 2.45) is 5.92 Å². The number of likely N-dealkylation sites (tertiary alicyclic amines) is 1. The van der Waals surface area contributed by atoms with Gasteiger partial charge < -0.3 is 20.1 Å². The van der Waals surface area contributed by atoms with Crippen molar-refractivity contribution in [3.05, 3.63) is 82.4 Å². The Kier molecular flexibility index (Phi) is 7.38. The van der Waals surface area contributed by atoms with Crippen molar-refractivity contribution >= 4 is 5.78 Å². The highest BCUT2D eigenvalue weighted by atomic mass is 16.5. The number of benzene rings is 3. The number of ether oxygens (including phenoxy) is 1. The van der Waals surface area contributed by atoms with E-state index in [-0.39, 0.29) is 35.4 Å². The lowest BCUT2D eigenvalue weighted by atomic mass is 9.76. The van der Waals surface area contributed by atoms with E-state index in [1.807, 2.05) is 36.4 Å². The minimum Gasteiger partial charge on any atom is -0.508 e. The molecule has 0 radical (unpaired) electrons. The van der Waals surface area contributed by atoms with Crippen LogP contribution in [0.15, 0.2) is 54.6 Å². The van der Waals surface area contributed by atoms with Crippen molar-refractivity contribution in [2.45, 2.75) is 44.9 Å². The summed E-state index contributed by atoms with van der Waals surface area (Å²) in [7, 11) is 0. The Morgan fingerprint density at radius 2 is 1.73 bits per heavy atom. The average Bonchev–Trinajstić information content (AvgIpc) is 2.87. The van der Waals surface area contributed by atoms with Gasteiger partial charge in [-0.2, -0.15) is 0 Å². The topological polar surface area (TPSA) is 90.2 Å². The van der Waals surface area contributed by atoms with E-state index in [1.165, 1.54) is 18.9 Å². The molecule has 2 unspecified atom stereocenters. The van der Waals surface area contributed by atoms with Crippen LogP contribution in [-0.2, 0) is 12.8 Å². The van der Waals surface area contributed by atoms with Gasteiger partial charge in [0.25, 0.3) is 0 Å². The first-order valence-electron chi connectivity index (χ1n) is 13.2. The fourth-order valence-corrected chi connectivity index (χ4v) is 5.80. The van der Waals surface area contributed by atoms with Gasteiger partial charge in [-0.1, -0.05) is 31.2 Å². The maximum Gasteiger partial charge on any atom is 0.167 e. The van der Waals surface area contributed by atoms with Crippen LogP contribution >= 0.6 is 0 Å². The van der Waals surface area contributed by atoms with E-state index in [2.05, 4.69) is 11.8 Å². The van der Waals surface area contributed by atoms with E-state index in [4.69, 9.17) is 4.74 Å². The van der Waals surface area contributed by atoms with Crippen molar-refractivity contribution in [3.8, 4) is 23.0 Å². The van der Waals surface area contributed by atoms with E-state index in [0.29, 0.717) is 36.1 Å². The highest BCUT2D eigenvalue weighted by Gasteiger charge is 2.32. The van der Waals surface area contributed by atoms with Crippen LogP contribution in [0.25, 0.3) is 0 Å². The molecule has 2 aliphatic rings. The van der Waals surface area contributed by atoms with Gasteiger partial charge in [0.2, 0.25) is 0 Å². The zero-order chi connectivity index (χ0) is 25.9. The Morgan fingerprint density at radius 1 is 0.973 bits per heavy atom. The Bertz CT molecular complexity index is 1250. The van der Waals surface area contributed by atoms with Gasteiger partial charge in [-0.3, -0.25) is 9.69 Å². The zero-order valence-corrected chi connectivity index (χ0v) is 21.3. The van der Waals surface area contributed by atoms with Crippen molar-refractivity contribution in [3.63, 3.8) is 0 Å². The molecule has 0 saturated carbocycles. The van der Waals surface area contributed by atoms with Crippen molar-refractivity contribution in [2.75, 3.05) is 26.2 Å². The molecule has 1 fully saturated rings. The maximum atomic E-state index is 13.0. The van der Waals surface area contributed by atoms with Gasteiger partial charge in [0, 0.05) is 37.6 Å². The Balaban J connectivity index is 1.30. The van der Waals surface area contributed by atoms with Crippen molar-refractivity contribution < 1.29 is 24.9 Å². The third kappa shape index (κ3) is 5.75. The predicted molar refractivity (Wildman–Crippen MR) is 143 cm³/mol. The number of carbonyl (C=O) groups excluding carboxylic acids is 1. The lowest BCUT2D eigenvalue weighted by Gasteiger charge is -2.30. The third-order valence-corrected chi connectivity index (χ3v) is 7.75. The number of carbonyl (C=O) groups is 1. The number of piperidine rings is 1. The summed E-state index contributed by atoms with van der Waals surface area (Å²) in [5.74, 6) is 1.35. The first-order chi connectivity index (χ1) is 17.9. The molecule has 6 heteroatoms. The number of hydrogen-bond donors (Lipinski definition) is 3. The van der Waals surface area contributed by atoms with Gasteiger partial charge in [0.1, 0.15) is 29.6 Å². The van der Waals surface area contributed by atoms with Crippen LogP contribution in [0.3, 0.4) is 0 Å². The molecule has 37 heavy (non-hydrogen) atoms. The van der Waals surface area contributed by atoms with Gasteiger partial charge in [-0.15, -0.1) is 0 Å². The molecule has 0 amide bonds. The molecular formula is C31H35NO5. The van der Waals surface area contributed by atoms with E-state index in [0.717, 1.165) is 42.4 Å². The molecule has 6 nitrogen and oxygen atoms in total. The van der Waals surface area contributed by atoms with E-state index >= 15 is 0 Å². The number of phenolic OH excluding ortho intramolecular Hbond substituents is 3. The van der Waals surface area contributed by atoms with Crippen molar-refractivity contribution in [1.29, 1.82) is 0 Å². The zero-order valence-electron chi connectivity index (χ0n) is 21.3. The number of fused-ring (bicyclic) bond motifs is 1. The highest BCUT2D eigenvalue weighted by molar-refractivity contribution is 6.02. The number of nitrogens with zero attached hydrogens (tertiary/aromatic N) is 1. The molecule has 194 valence electrons. The minimum absolute atomic E-state index is 0.00788. The minimum atomic E-state index is -0.169. The Morgan fingerprint density at radius 3 is 2.46 bits per heavy atom. The van der Waals surface area contributed by atoms with Gasteiger partial charge in [0.05, 0.1) is 5.56 Å². The summed E-state index contributed by atoms with van der Waals surface area (Å²) >= 11 is 0. The number of aromatic hydroxyl groups is 3. The SMILES string of the molecule is CC1CCCN(CCOc2ccc(Cc3c(O)cc(O)c4c3CC(c3ccc(O)cc3)CC4=O)cc2)C1. The van der Waals surface area contributed by atoms with Gasteiger partial charge >= 0.3 is 0 Å². The number of hydrogen-bond acceptors (Lipinski definition) is 6. The normalized spacial score (nSPS) is 20.0. The Labute approximate surface area is 218 Å². The van der Waals surface area contributed by atoms with Gasteiger partial charge in [0.15, 0.2) is 5.78 Å². The molecule has 0 aromatic heterocycles. The number of ketones is 1. The molecule has 3 aromatic rings. The first kappa shape index (κ1) is 25.2. The van der Waals surface area contributed by atoms with Crippen LogP contribution in [0.5, 0.6) is 23.0 Å². The monoisotopic (exact) mass is 501 g/mol. The largest absolute Gasteiger partial charge is 0.508 e. The predicted octanol–water partition coefficient (Wildman–Crippen LogP) is 5.42. The number of phenols is 3. The van der Waals surface area contributed by atoms with E-state index < -0.39 is 0 Å². The van der Waals surface area contributed by atoms with Crippen molar-refractivity contribution in [1.82, 2.24) is 4.90 Å². The van der Waals surface area contributed by atoms with Crippen LogP contribution in [0.2, 0.25) is 0 Å². The lowest BCUT2D eigenvalue weighted by molar-refractivity contribution is 0.0961. The molecule has 5 rings (SSSR count). The number of rotatable bonds is 7. The second kappa shape index (κ2) is 10.9. The third-order valence-electron chi connectivity index (χ3n) is 7.75. The van der Waals surface area contributed by atoms with Crippen LogP contribution in [-0.4, -0.2) is 52.2 Å². The van der Waals surface area contributed by atoms with Crippen LogP contribution in [0, 0.1) is 5.92 Å². The summed E-state index contributed by atoms with van der Waals surface area (Å²) in [6, 6.07) is 16.0. The average molecular weight is 502 g/mol. The summed E-state index contributed by atoms with van der Waals surface area (Å²) in [6.45, 7) is 6.16. The molecular weight excluding hydrogens is 466 g/mol. The summed E-state index contributed by atoms with van der Waals surface area (Å²) in [6.07, 6.45) is 3.81. The fourth-order valence-electron chi connectivity index (χ4n) is 5.80. The van der Waals surface area contributed by atoms with E-state index in [9.17, 15) is 20.1 Å². The quantitative estimate of drug-likeness (QED) is 0.401. The van der Waals surface area contributed by atoms with Crippen LogP contribution in [0.1, 0.15) is 64.7 Å². The molecule has 0 bridgehead atoms. The molecule has 0 spiro atoms. The van der Waals surface area contributed by atoms with E-state index in [1.54, 1.807) is 12.1 Å².